The van der Waals surface area contributed by atoms with E-state index in [0.717, 1.165) is 0 Å². The SMILES string of the molecule is CCC(c1nc2cc(Cl)ccc2c(=O)n1Nc1ccccc1)N(CCN)C(=O)c1ccc(Cl)cc1. The first-order valence-electron chi connectivity index (χ1n) is 11.2. The van der Waals surface area contributed by atoms with Crippen molar-refractivity contribution in [2.75, 3.05) is 18.5 Å². The number of carbonyl (C=O) groups excluding carboxylic acids is 1. The minimum absolute atomic E-state index is 0.231. The summed E-state index contributed by atoms with van der Waals surface area (Å²) < 4.78 is 1.40. The van der Waals surface area contributed by atoms with Crippen LogP contribution in [0.4, 0.5) is 5.69 Å². The van der Waals surface area contributed by atoms with Crippen molar-refractivity contribution in [2.24, 2.45) is 5.73 Å². The molecule has 0 radical (unpaired) electrons. The summed E-state index contributed by atoms with van der Waals surface area (Å²) in [4.78, 5) is 33.6. The molecule has 0 aliphatic heterocycles. The Bertz CT molecular complexity index is 1390. The van der Waals surface area contributed by atoms with Gasteiger partial charge in [-0.1, -0.05) is 48.3 Å². The molecule has 7 nitrogen and oxygen atoms in total. The molecule has 35 heavy (non-hydrogen) atoms. The van der Waals surface area contributed by atoms with Crippen molar-refractivity contribution in [1.82, 2.24) is 14.6 Å². The van der Waals surface area contributed by atoms with Gasteiger partial charge in [-0.05, 0) is 61.0 Å². The topological polar surface area (TPSA) is 93.2 Å². The summed E-state index contributed by atoms with van der Waals surface area (Å²) in [6, 6.07) is 20.4. The normalized spacial score (nSPS) is 11.9. The largest absolute Gasteiger partial charge is 0.329 e. The lowest BCUT2D eigenvalue weighted by atomic mass is 10.1. The van der Waals surface area contributed by atoms with Crippen LogP contribution in [0.1, 0.15) is 35.6 Å². The highest BCUT2D eigenvalue weighted by atomic mass is 35.5. The van der Waals surface area contributed by atoms with E-state index in [1.54, 1.807) is 47.4 Å². The molecule has 1 amide bonds. The van der Waals surface area contributed by atoms with Crippen LogP contribution in [0.25, 0.3) is 10.9 Å². The van der Waals surface area contributed by atoms with E-state index in [0.29, 0.717) is 44.4 Å². The predicted octanol–water partition coefficient (Wildman–Crippen LogP) is 5.13. The lowest BCUT2D eigenvalue weighted by Crippen LogP contribution is -2.42. The van der Waals surface area contributed by atoms with E-state index >= 15 is 0 Å². The number of nitrogens with zero attached hydrogens (tertiary/aromatic N) is 3. The zero-order chi connectivity index (χ0) is 24.9. The van der Waals surface area contributed by atoms with Crippen LogP contribution < -0.4 is 16.7 Å². The Labute approximate surface area is 213 Å². The highest BCUT2D eigenvalue weighted by molar-refractivity contribution is 6.31. The lowest BCUT2D eigenvalue weighted by Gasteiger charge is -2.32. The third kappa shape index (κ3) is 5.32. The number of halogens is 2. The van der Waals surface area contributed by atoms with Gasteiger partial charge in [-0.2, -0.15) is 0 Å². The van der Waals surface area contributed by atoms with Crippen LogP contribution in [0, 0.1) is 0 Å². The standard InChI is InChI=1S/C26H25Cl2N5O2/c1-2-23(32(15-14-29)25(34)17-8-10-18(27)11-9-17)24-30-22-16-19(28)12-13-21(22)26(35)33(24)31-20-6-4-3-5-7-20/h3-13,16,23,31H,2,14-15,29H2,1H3. The second-order valence-corrected chi connectivity index (χ2v) is 8.84. The van der Waals surface area contributed by atoms with Gasteiger partial charge in [-0.25, -0.2) is 9.66 Å². The number of hydrogen-bond donors (Lipinski definition) is 2. The minimum Gasteiger partial charge on any atom is -0.329 e. The third-order valence-electron chi connectivity index (χ3n) is 5.66. The Balaban J connectivity index is 1.89. The van der Waals surface area contributed by atoms with Gasteiger partial charge in [0.2, 0.25) is 0 Å². The summed E-state index contributed by atoms with van der Waals surface area (Å²) in [7, 11) is 0. The molecule has 9 heteroatoms. The van der Waals surface area contributed by atoms with Crippen LogP contribution in [-0.4, -0.2) is 33.6 Å². The van der Waals surface area contributed by atoms with Crippen molar-refractivity contribution in [3.05, 3.63) is 105 Å². The molecular weight excluding hydrogens is 485 g/mol. The van der Waals surface area contributed by atoms with Crippen LogP contribution in [-0.2, 0) is 0 Å². The van der Waals surface area contributed by atoms with Gasteiger partial charge >= 0.3 is 0 Å². The van der Waals surface area contributed by atoms with Crippen LogP contribution in [0.5, 0.6) is 0 Å². The van der Waals surface area contributed by atoms with Gasteiger partial charge in [0, 0.05) is 28.7 Å². The van der Waals surface area contributed by atoms with Crippen LogP contribution in [0.2, 0.25) is 10.0 Å². The second kappa shape index (κ2) is 10.9. The van der Waals surface area contributed by atoms with Crippen molar-refractivity contribution >= 4 is 45.7 Å². The van der Waals surface area contributed by atoms with E-state index in [2.05, 4.69) is 5.43 Å². The number of amides is 1. The van der Waals surface area contributed by atoms with Gasteiger partial charge in [-0.3, -0.25) is 15.0 Å². The first-order valence-corrected chi connectivity index (χ1v) is 12.0. The number of carbonyl (C=O) groups is 1. The van der Waals surface area contributed by atoms with E-state index < -0.39 is 6.04 Å². The molecule has 1 heterocycles. The van der Waals surface area contributed by atoms with Crippen LogP contribution >= 0.6 is 23.2 Å². The fourth-order valence-corrected chi connectivity index (χ4v) is 4.28. The van der Waals surface area contributed by atoms with E-state index in [1.807, 2.05) is 37.3 Å². The minimum atomic E-state index is -0.547. The van der Waals surface area contributed by atoms with Crippen LogP contribution in [0.15, 0.2) is 77.6 Å². The third-order valence-corrected chi connectivity index (χ3v) is 6.14. The Kier molecular flexibility index (Phi) is 7.70. The summed E-state index contributed by atoms with van der Waals surface area (Å²) in [6.07, 6.45) is 0.494. The summed E-state index contributed by atoms with van der Waals surface area (Å²) >= 11 is 12.2. The van der Waals surface area contributed by atoms with E-state index in [-0.39, 0.29) is 24.6 Å². The number of aromatic nitrogens is 2. The molecule has 0 aliphatic rings. The molecule has 0 fully saturated rings. The molecule has 1 unspecified atom stereocenters. The number of nitrogens with one attached hydrogen (secondary N) is 1. The maximum atomic E-state index is 13.6. The Hall–Kier alpha value is -3.39. The molecule has 3 aromatic carbocycles. The van der Waals surface area contributed by atoms with Crippen molar-refractivity contribution in [3.63, 3.8) is 0 Å². The van der Waals surface area contributed by atoms with Crippen molar-refractivity contribution in [3.8, 4) is 0 Å². The van der Waals surface area contributed by atoms with Gasteiger partial charge in [0.25, 0.3) is 11.5 Å². The van der Waals surface area contributed by atoms with Gasteiger partial charge in [-0.15, -0.1) is 0 Å². The summed E-state index contributed by atoms with van der Waals surface area (Å²) in [5, 5.41) is 1.41. The van der Waals surface area contributed by atoms with Crippen molar-refractivity contribution in [1.29, 1.82) is 0 Å². The number of nitrogens with two attached hydrogens (primary N) is 1. The Morgan fingerprint density at radius 3 is 2.40 bits per heavy atom. The van der Waals surface area contributed by atoms with Gasteiger partial charge in [0.1, 0.15) is 0 Å². The van der Waals surface area contributed by atoms with E-state index in [1.165, 1.54) is 4.68 Å². The highest BCUT2D eigenvalue weighted by Gasteiger charge is 2.29. The zero-order valence-electron chi connectivity index (χ0n) is 19.1. The molecule has 1 atom stereocenters. The van der Waals surface area contributed by atoms with Gasteiger partial charge in [0.15, 0.2) is 5.82 Å². The molecule has 4 rings (SSSR count). The zero-order valence-corrected chi connectivity index (χ0v) is 20.6. The molecule has 0 spiro atoms. The molecule has 0 saturated carbocycles. The van der Waals surface area contributed by atoms with E-state index in [4.69, 9.17) is 33.9 Å². The lowest BCUT2D eigenvalue weighted by molar-refractivity contribution is 0.0665. The maximum absolute atomic E-state index is 13.6. The Morgan fingerprint density at radius 2 is 1.74 bits per heavy atom. The molecule has 0 aliphatic carbocycles. The average molecular weight is 510 g/mol. The number of para-hydroxylation sites is 1. The average Bonchev–Trinajstić information content (AvgIpc) is 2.86. The number of rotatable bonds is 8. The van der Waals surface area contributed by atoms with Gasteiger partial charge < -0.3 is 10.6 Å². The highest BCUT2D eigenvalue weighted by Crippen LogP contribution is 2.27. The monoisotopic (exact) mass is 509 g/mol. The molecule has 180 valence electrons. The second-order valence-electron chi connectivity index (χ2n) is 7.97. The molecule has 1 aromatic heterocycles. The first kappa shape index (κ1) is 24.7. The van der Waals surface area contributed by atoms with Crippen LogP contribution in [0.3, 0.4) is 0 Å². The molecule has 0 bridgehead atoms. The molecule has 0 saturated heterocycles. The first-order chi connectivity index (χ1) is 16.9. The summed E-state index contributed by atoms with van der Waals surface area (Å²) in [6.45, 7) is 2.45. The Morgan fingerprint density at radius 1 is 1.06 bits per heavy atom. The number of benzene rings is 3. The van der Waals surface area contributed by atoms with Gasteiger partial charge in [0.05, 0.1) is 22.6 Å². The van der Waals surface area contributed by atoms with Crippen molar-refractivity contribution in [2.45, 2.75) is 19.4 Å². The number of hydrogen-bond acceptors (Lipinski definition) is 5. The summed E-state index contributed by atoms with van der Waals surface area (Å²) in [5.74, 6) is 0.151. The van der Waals surface area contributed by atoms with Crippen molar-refractivity contribution < 1.29 is 4.79 Å². The molecule has 4 aromatic rings. The fraction of sp³-hybridized carbons (Fsp3) is 0.192. The fourth-order valence-electron chi connectivity index (χ4n) is 3.99. The summed E-state index contributed by atoms with van der Waals surface area (Å²) in [5.41, 5.74) is 10.4. The van der Waals surface area contributed by atoms with E-state index in [9.17, 15) is 9.59 Å². The molecular formula is C26H25Cl2N5O2. The molecule has 3 N–H and O–H groups in total. The maximum Gasteiger partial charge on any atom is 0.280 e. The quantitative estimate of drug-likeness (QED) is 0.343. The number of fused-ring (bicyclic) bond motifs is 1. The smallest absolute Gasteiger partial charge is 0.280 e. The number of anilines is 1. The predicted molar refractivity (Wildman–Crippen MR) is 141 cm³/mol.